The molecule has 4 rings (SSSR count). The van der Waals surface area contributed by atoms with Crippen molar-refractivity contribution in [3.05, 3.63) is 102 Å². The molecule has 3 aromatic carbocycles. The van der Waals surface area contributed by atoms with Gasteiger partial charge in [-0.05, 0) is 48.4 Å². The van der Waals surface area contributed by atoms with Gasteiger partial charge in [-0.3, -0.25) is 9.69 Å². The average Bonchev–Trinajstić information content (AvgIpc) is 3.39. The quantitative estimate of drug-likeness (QED) is 0.228. The fourth-order valence-corrected chi connectivity index (χ4v) is 4.04. The van der Waals surface area contributed by atoms with Crippen molar-refractivity contribution in [2.45, 2.75) is 39.7 Å². The van der Waals surface area contributed by atoms with Crippen molar-refractivity contribution in [3.63, 3.8) is 0 Å². The lowest BCUT2D eigenvalue weighted by Crippen LogP contribution is -2.50. The van der Waals surface area contributed by atoms with Crippen molar-refractivity contribution < 1.29 is 23.5 Å². The van der Waals surface area contributed by atoms with E-state index in [0.717, 1.165) is 20.9 Å². The summed E-state index contributed by atoms with van der Waals surface area (Å²) < 4.78 is 11.2. The zero-order chi connectivity index (χ0) is 27.6. The molecule has 8 heteroatoms. The van der Waals surface area contributed by atoms with Gasteiger partial charge in [0, 0.05) is 13.1 Å². The van der Waals surface area contributed by atoms with Crippen molar-refractivity contribution in [1.29, 1.82) is 0 Å². The predicted octanol–water partition coefficient (Wildman–Crippen LogP) is 6.71. The summed E-state index contributed by atoms with van der Waals surface area (Å²) in [5.41, 5.74) is 2.83. The predicted molar refractivity (Wildman–Crippen MR) is 148 cm³/mol. The Hall–Kier alpha value is -4.46. The molecular weight excluding hydrogens is 494 g/mol. The first-order chi connectivity index (χ1) is 18.9. The lowest BCUT2D eigenvalue weighted by Gasteiger charge is -2.27. The summed E-state index contributed by atoms with van der Waals surface area (Å²) >= 11 is 0. The van der Waals surface area contributed by atoms with Gasteiger partial charge in [0.05, 0.1) is 0 Å². The van der Waals surface area contributed by atoms with Crippen LogP contribution in [0, 0.1) is 5.92 Å². The van der Waals surface area contributed by atoms with E-state index in [9.17, 15) is 14.4 Å². The summed E-state index contributed by atoms with van der Waals surface area (Å²) in [5, 5.41) is 0. The SMILES string of the molecule is CC(C)CCN(C(=O)OCc1ccccc1)C(=O)N(CCCc1ccccc1)C(=O)c1nc2ccccc2o1. The lowest BCUT2D eigenvalue weighted by molar-refractivity contribution is 0.0679. The van der Waals surface area contributed by atoms with E-state index < -0.39 is 18.0 Å². The highest BCUT2D eigenvalue weighted by atomic mass is 16.6. The maximum Gasteiger partial charge on any atom is 0.418 e. The molecule has 0 fully saturated rings. The smallest absolute Gasteiger partial charge is 0.418 e. The van der Waals surface area contributed by atoms with E-state index in [0.29, 0.717) is 30.4 Å². The summed E-state index contributed by atoms with van der Waals surface area (Å²) in [7, 11) is 0. The Morgan fingerprint density at radius 3 is 2.13 bits per heavy atom. The number of carbonyl (C=O) groups is 3. The fraction of sp³-hybridized carbons (Fsp3) is 0.290. The first kappa shape index (κ1) is 27.6. The Bertz CT molecular complexity index is 1350. The average molecular weight is 528 g/mol. The molecule has 0 N–H and O–H groups in total. The number of carbonyl (C=O) groups excluding carboxylic acids is 3. The molecule has 202 valence electrons. The van der Waals surface area contributed by atoms with Crippen LogP contribution in [0.2, 0.25) is 0 Å². The van der Waals surface area contributed by atoms with Gasteiger partial charge in [0.25, 0.3) is 5.89 Å². The Morgan fingerprint density at radius 2 is 1.46 bits per heavy atom. The molecule has 0 aliphatic heterocycles. The normalized spacial score (nSPS) is 10.9. The third kappa shape index (κ3) is 7.54. The Balaban J connectivity index is 1.57. The van der Waals surface area contributed by atoms with Gasteiger partial charge < -0.3 is 9.15 Å². The second-order valence-corrected chi connectivity index (χ2v) is 9.69. The van der Waals surface area contributed by atoms with Gasteiger partial charge in [-0.2, -0.15) is 0 Å². The number of aromatic nitrogens is 1. The third-order valence-electron chi connectivity index (χ3n) is 6.23. The van der Waals surface area contributed by atoms with E-state index in [-0.39, 0.29) is 31.5 Å². The molecule has 0 saturated carbocycles. The van der Waals surface area contributed by atoms with Crippen molar-refractivity contribution in [3.8, 4) is 0 Å². The summed E-state index contributed by atoms with van der Waals surface area (Å²) in [6.07, 6.45) is 0.901. The number of para-hydroxylation sites is 2. The third-order valence-corrected chi connectivity index (χ3v) is 6.23. The molecule has 4 amide bonds. The van der Waals surface area contributed by atoms with Crippen LogP contribution in [0.3, 0.4) is 0 Å². The van der Waals surface area contributed by atoms with Crippen LogP contribution < -0.4 is 0 Å². The van der Waals surface area contributed by atoms with Crippen molar-refractivity contribution in [2.24, 2.45) is 5.92 Å². The number of hydrogen-bond donors (Lipinski definition) is 0. The van der Waals surface area contributed by atoms with Gasteiger partial charge in [-0.1, -0.05) is 86.6 Å². The van der Waals surface area contributed by atoms with Gasteiger partial charge >= 0.3 is 18.0 Å². The Labute approximate surface area is 228 Å². The van der Waals surface area contributed by atoms with Crippen LogP contribution in [-0.4, -0.2) is 45.9 Å². The number of urea groups is 1. The highest BCUT2D eigenvalue weighted by Gasteiger charge is 2.34. The first-order valence-corrected chi connectivity index (χ1v) is 13.2. The van der Waals surface area contributed by atoms with Crippen molar-refractivity contribution in [1.82, 2.24) is 14.8 Å². The molecule has 0 aliphatic carbocycles. The van der Waals surface area contributed by atoms with Gasteiger partial charge in [-0.25, -0.2) is 19.5 Å². The number of aryl methyl sites for hydroxylation is 1. The molecule has 0 radical (unpaired) electrons. The van der Waals surface area contributed by atoms with Crippen LogP contribution in [-0.2, 0) is 17.8 Å². The summed E-state index contributed by atoms with van der Waals surface area (Å²) in [6, 6.07) is 25.3. The number of benzene rings is 3. The van der Waals surface area contributed by atoms with E-state index >= 15 is 0 Å². The zero-order valence-corrected chi connectivity index (χ0v) is 22.3. The number of hydrogen-bond acceptors (Lipinski definition) is 6. The number of rotatable bonds is 10. The molecule has 0 saturated heterocycles. The summed E-state index contributed by atoms with van der Waals surface area (Å²) in [4.78, 5) is 47.0. The molecule has 0 unspecified atom stereocenters. The van der Waals surface area contributed by atoms with Crippen LogP contribution in [0.15, 0.2) is 89.3 Å². The molecular formula is C31H33N3O5. The molecule has 1 heterocycles. The van der Waals surface area contributed by atoms with Gasteiger partial charge in [0.1, 0.15) is 12.1 Å². The van der Waals surface area contributed by atoms with Crippen LogP contribution in [0.5, 0.6) is 0 Å². The van der Waals surface area contributed by atoms with E-state index in [1.54, 1.807) is 24.3 Å². The van der Waals surface area contributed by atoms with Gasteiger partial charge in [-0.15, -0.1) is 0 Å². The number of nitrogens with zero attached hydrogens (tertiary/aromatic N) is 3. The van der Waals surface area contributed by atoms with Crippen LogP contribution in [0.25, 0.3) is 11.1 Å². The van der Waals surface area contributed by atoms with E-state index in [1.807, 2.05) is 74.5 Å². The van der Waals surface area contributed by atoms with Crippen LogP contribution in [0.1, 0.15) is 48.5 Å². The van der Waals surface area contributed by atoms with Crippen molar-refractivity contribution >= 4 is 29.1 Å². The summed E-state index contributed by atoms with van der Waals surface area (Å²) in [5.74, 6) is -0.679. The minimum atomic E-state index is -0.803. The number of amides is 4. The van der Waals surface area contributed by atoms with Crippen molar-refractivity contribution in [2.75, 3.05) is 13.1 Å². The zero-order valence-electron chi connectivity index (χ0n) is 22.3. The van der Waals surface area contributed by atoms with E-state index in [4.69, 9.17) is 9.15 Å². The summed E-state index contributed by atoms with van der Waals surface area (Å²) in [6.45, 7) is 4.20. The molecule has 1 aromatic heterocycles. The molecule has 0 bridgehead atoms. The Morgan fingerprint density at radius 1 is 0.821 bits per heavy atom. The molecule has 0 aliphatic rings. The Kier molecular flexibility index (Phi) is 9.45. The lowest BCUT2D eigenvalue weighted by atomic mass is 10.1. The second kappa shape index (κ2) is 13.4. The van der Waals surface area contributed by atoms with E-state index in [1.165, 1.54) is 0 Å². The minimum Gasteiger partial charge on any atom is -0.444 e. The van der Waals surface area contributed by atoms with E-state index in [2.05, 4.69) is 4.98 Å². The molecule has 4 aromatic rings. The number of fused-ring (bicyclic) bond motifs is 1. The van der Waals surface area contributed by atoms with Gasteiger partial charge in [0.15, 0.2) is 5.58 Å². The maximum absolute atomic E-state index is 13.8. The number of imide groups is 2. The minimum absolute atomic E-state index is 0.0121. The molecule has 0 spiro atoms. The monoisotopic (exact) mass is 527 g/mol. The second-order valence-electron chi connectivity index (χ2n) is 9.69. The molecule has 8 nitrogen and oxygen atoms in total. The van der Waals surface area contributed by atoms with Crippen LogP contribution >= 0.6 is 0 Å². The number of oxazole rings is 1. The highest BCUT2D eigenvalue weighted by molar-refractivity contribution is 6.05. The first-order valence-electron chi connectivity index (χ1n) is 13.2. The number of ether oxygens (including phenoxy) is 1. The topological polar surface area (TPSA) is 93.0 Å². The highest BCUT2D eigenvalue weighted by Crippen LogP contribution is 2.19. The maximum atomic E-state index is 13.8. The standard InChI is InChI=1S/C31H33N3O5/c1-23(2)19-21-34(31(37)38-22-25-14-7-4-8-15-25)30(36)33(20-11-16-24-12-5-3-6-13-24)29(35)28-32-26-17-9-10-18-27(26)39-28/h3-10,12-15,17-18,23H,11,16,19-22H2,1-2H3. The molecule has 39 heavy (non-hydrogen) atoms. The molecule has 0 atom stereocenters. The largest absolute Gasteiger partial charge is 0.444 e. The fourth-order valence-electron chi connectivity index (χ4n) is 4.04. The van der Waals surface area contributed by atoms with Crippen LogP contribution in [0.4, 0.5) is 9.59 Å². The van der Waals surface area contributed by atoms with Gasteiger partial charge in [0.2, 0.25) is 0 Å².